The molecule has 0 atom stereocenters. The number of aromatic nitrogens is 1. The Bertz CT molecular complexity index is 972. The van der Waals surface area contributed by atoms with Crippen LogP contribution in [0.4, 0.5) is 11.4 Å². The van der Waals surface area contributed by atoms with E-state index in [1.165, 1.54) is 17.8 Å². The molecule has 1 aromatic heterocycles. The first kappa shape index (κ1) is 22.8. The smallest absolute Gasteiger partial charge is 0.270 e. The van der Waals surface area contributed by atoms with Gasteiger partial charge in [0.15, 0.2) is 0 Å². The molecule has 164 valence electrons. The number of hydrogen-bond acceptors (Lipinski definition) is 6. The second-order valence-electron chi connectivity index (χ2n) is 7.61. The Labute approximate surface area is 188 Å². The van der Waals surface area contributed by atoms with E-state index >= 15 is 0 Å². The van der Waals surface area contributed by atoms with Gasteiger partial charge < -0.3 is 9.42 Å². The van der Waals surface area contributed by atoms with Gasteiger partial charge in [-0.25, -0.2) is 0 Å². The van der Waals surface area contributed by atoms with Gasteiger partial charge in [-0.05, 0) is 31.5 Å². The summed E-state index contributed by atoms with van der Waals surface area (Å²) in [6, 6.07) is 19.0. The molecule has 1 aliphatic heterocycles. The van der Waals surface area contributed by atoms with Gasteiger partial charge in [-0.15, -0.1) is 12.4 Å². The van der Waals surface area contributed by atoms with E-state index in [0.29, 0.717) is 11.3 Å². The summed E-state index contributed by atoms with van der Waals surface area (Å²) in [5, 5.41) is 15.0. The fourth-order valence-corrected chi connectivity index (χ4v) is 3.85. The van der Waals surface area contributed by atoms with Gasteiger partial charge in [0.1, 0.15) is 11.5 Å². The summed E-state index contributed by atoms with van der Waals surface area (Å²) in [5.74, 6) is 0.824. The zero-order valence-corrected chi connectivity index (χ0v) is 18.2. The fourth-order valence-electron chi connectivity index (χ4n) is 3.85. The number of halogens is 1. The molecule has 0 spiro atoms. The van der Waals surface area contributed by atoms with Gasteiger partial charge in [0.05, 0.1) is 4.92 Å². The lowest BCUT2D eigenvalue weighted by atomic mass is 10.1. The van der Waals surface area contributed by atoms with Crippen LogP contribution in [0.1, 0.15) is 18.6 Å². The van der Waals surface area contributed by atoms with Gasteiger partial charge in [-0.1, -0.05) is 35.5 Å². The van der Waals surface area contributed by atoms with Crippen molar-refractivity contribution in [3.63, 3.8) is 0 Å². The maximum Gasteiger partial charge on any atom is 0.270 e. The highest BCUT2D eigenvalue weighted by molar-refractivity contribution is 5.85. The lowest BCUT2D eigenvalue weighted by molar-refractivity contribution is -0.384. The Hall–Kier alpha value is -2.90. The molecule has 0 amide bonds. The molecule has 2 heterocycles. The fraction of sp³-hybridized carbons (Fsp3) is 0.348. The van der Waals surface area contributed by atoms with Crippen molar-refractivity contribution >= 4 is 23.8 Å². The molecule has 2 aromatic carbocycles. The van der Waals surface area contributed by atoms with Crippen molar-refractivity contribution in [2.45, 2.75) is 19.3 Å². The van der Waals surface area contributed by atoms with Gasteiger partial charge in [-0.3, -0.25) is 15.0 Å². The standard InChI is InChI=1S/C23H26N4O3.ClH/c28-27(29)21-10-6-7-19(17-21)23-18-22(30-24-23)11-4-5-12-25-13-15-26(16-14-25)20-8-2-1-3-9-20;/h1-3,6-10,17-18H,4-5,11-16H2;1H. The highest BCUT2D eigenvalue weighted by Crippen LogP contribution is 2.24. The highest BCUT2D eigenvalue weighted by atomic mass is 35.5. The van der Waals surface area contributed by atoms with Crippen molar-refractivity contribution in [2.24, 2.45) is 0 Å². The van der Waals surface area contributed by atoms with Crippen LogP contribution in [0.3, 0.4) is 0 Å². The molecular formula is C23H27ClN4O3. The molecule has 0 saturated carbocycles. The lowest BCUT2D eigenvalue weighted by Gasteiger charge is -2.36. The second-order valence-corrected chi connectivity index (χ2v) is 7.61. The van der Waals surface area contributed by atoms with Crippen LogP contribution in [0, 0.1) is 10.1 Å². The van der Waals surface area contributed by atoms with Crippen molar-refractivity contribution in [1.82, 2.24) is 10.1 Å². The maximum absolute atomic E-state index is 10.9. The van der Waals surface area contributed by atoms with Gasteiger partial charge in [0.25, 0.3) is 5.69 Å². The van der Waals surface area contributed by atoms with E-state index in [1.807, 2.05) is 12.1 Å². The summed E-state index contributed by atoms with van der Waals surface area (Å²) < 4.78 is 5.43. The number of nitro groups is 1. The Kier molecular flexibility index (Phi) is 8.03. The molecule has 0 aliphatic carbocycles. The van der Waals surface area contributed by atoms with E-state index in [4.69, 9.17) is 4.52 Å². The summed E-state index contributed by atoms with van der Waals surface area (Å²) in [6.07, 6.45) is 2.96. The van der Waals surface area contributed by atoms with Crippen molar-refractivity contribution in [3.8, 4) is 11.3 Å². The Morgan fingerprint density at radius 3 is 2.48 bits per heavy atom. The van der Waals surface area contributed by atoms with Crippen LogP contribution in [0.25, 0.3) is 11.3 Å². The summed E-state index contributed by atoms with van der Waals surface area (Å²) in [4.78, 5) is 15.5. The first-order valence-corrected chi connectivity index (χ1v) is 10.4. The number of anilines is 1. The minimum Gasteiger partial charge on any atom is -0.369 e. The number of para-hydroxylation sites is 1. The van der Waals surface area contributed by atoms with E-state index in [1.54, 1.807) is 6.07 Å². The van der Waals surface area contributed by atoms with Crippen LogP contribution < -0.4 is 4.90 Å². The Morgan fingerprint density at radius 1 is 0.968 bits per heavy atom. The number of nitro benzene ring substituents is 1. The molecule has 8 heteroatoms. The average Bonchev–Trinajstić information content (AvgIpc) is 3.27. The number of aryl methyl sites for hydroxylation is 1. The Morgan fingerprint density at radius 2 is 1.74 bits per heavy atom. The third kappa shape index (κ3) is 6.06. The van der Waals surface area contributed by atoms with Gasteiger partial charge >= 0.3 is 0 Å². The van der Waals surface area contributed by atoms with Gasteiger partial charge in [0, 0.05) is 62.0 Å². The normalized spacial score (nSPS) is 14.3. The predicted octanol–water partition coefficient (Wildman–Crippen LogP) is 4.82. The number of hydrogen-bond donors (Lipinski definition) is 0. The van der Waals surface area contributed by atoms with Crippen molar-refractivity contribution < 1.29 is 9.45 Å². The molecule has 4 rings (SSSR count). The molecule has 1 aliphatic rings. The molecule has 0 unspecified atom stereocenters. The summed E-state index contributed by atoms with van der Waals surface area (Å²) >= 11 is 0. The third-order valence-corrected chi connectivity index (χ3v) is 5.55. The number of benzene rings is 2. The van der Waals surface area contributed by atoms with E-state index < -0.39 is 4.92 Å². The van der Waals surface area contributed by atoms with Crippen LogP contribution in [-0.2, 0) is 6.42 Å². The van der Waals surface area contributed by atoms with E-state index in [-0.39, 0.29) is 18.1 Å². The monoisotopic (exact) mass is 442 g/mol. The minimum absolute atomic E-state index is 0. The molecular weight excluding hydrogens is 416 g/mol. The van der Waals surface area contributed by atoms with E-state index in [9.17, 15) is 10.1 Å². The van der Waals surface area contributed by atoms with Crippen molar-refractivity contribution in [3.05, 3.63) is 76.5 Å². The van der Waals surface area contributed by atoms with Crippen LogP contribution in [-0.4, -0.2) is 47.7 Å². The first-order valence-electron chi connectivity index (χ1n) is 10.4. The number of nitrogens with zero attached hydrogens (tertiary/aromatic N) is 4. The molecule has 7 nitrogen and oxygen atoms in total. The maximum atomic E-state index is 10.9. The summed E-state index contributed by atoms with van der Waals surface area (Å²) in [6.45, 7) is 5.41. The molecule has 3 aromatic rings. The zero-order valence-electron chi connectivity index (χ0n) is 17.4. The van der Waals surface area contributed by atoms with E-state index in [2.05, 4.69) is 45.3 Å². The third-order valence-electron chi connectivity index (χ3n) is 5.55. The van der Waals surface area contributed by atoms with Crippen molar-refractivity contribution in [2.75, 3.05) is 37.6 Å². The zero-order chi connectivity index (χ0) is 20.8. The van der Waals surface area contributed by atoms with Crippen LogP contribution >= 0.6 is 12.4 Å². The highest BCUT2D eigenvalue weighted by Gasteiger charge is 2.17. The van der Waals surface area contributed by atoms with Gasteiger partial charge in [0.2, 0.25) is 0 Å². The number of unbranched alkanes of at least 4 members (excludes halogenated alkanes) is 1. The summed E-state index contributed by atoms with van der Waals surface area (Å²) in [7, 11) is 0. The molecule has 0 N–H and O–H groups in total. The Balaban J connectivity index is 0.00000272. The quantitative estimate of drug-likeness (QED) is 0.283. The molecule has 31 heavy (non-hydrogen) atoms. The van der Waals surface area contributed by atoms with Crippen LogP contribution in [0.5, 0.6) is 0 Å². The summed E-state index contributed by atoms with van der Waals surface area (Å²) in [5.41, 5.74) is 2.72. The SMILES string of the molecule is Cl.O=[N+]([O-])c1cccc(-c2cc(CCCCN3CCN(c4ccccc4)CC3)on2)c1. The van der Waals surface area contributed by atoms with Gasteiger partial charge in [-0.2, -0.15) is 0 Å². The first-order chi connectivity index (χ1) is 14.7. The molecule has 0 radical (unpaired) electrons. The number of piperazine rings is 1. The predicted molar refractivity (Wildman–Crippen MR) is 124 cm³/mol. The molecule has 1 saturated heterocycles. The topological polar surface area (TPSA) is 75.7 Å². The van der Waals surface area contributed by atoms with E-state index in [0.717, 1.165) is 57.7 Å². The largest absolute Gasteiger partial charge is 0.369 e. The average molecular weight is 443 g/mol. The van der Waals surface area contributed by atoms with Crippen LogP contribution in [0.2, 0.25) is 0 Å². The second kappa shape index (κ2) is 10.9. The lowest BCUT2D eigenvalue weighted by Crippen LogP contribution is -2.46. The molecule has 0 bridgehead atoms. The molecule has 1 fully saturated rings. The van der Waals surface area contributed by atoms with Crippen molar-refractivity contribution in [1.29, 1.82) is 0 Å². The number of non-ortho nitro benzene ring substituents is 1. The minimum atomic E-state index is -0.399. The number of rotatable bonds is 8. The van der Waals surface area contributed by atoms with Crippen LogP contribution in [0.15, 0.2) is 65.2 Å².